The van der Waals surface area contributed by atoms with Crippen molar-refractivity contribution in [2.24, 2.45) is 35.5 Å². The number of thiazole rings is 1. The van der Waals surface area contributed by atoms with Crippen LogP contribution in [0.25, 0.3) is 0 Å². The Bertz CT molecular complexity index is 1300. The number of nitrogens with one attached hydrogen (secondary N) is 1. The maximum Gasteiger partial charge on any atom is 0.326 e. The highest BCUT2D eigenvalue weighted by Crippen LogP contribution is 2.68. The van der Waals surface area contributed by atoms with Gasteiger partial charge in [-0.15, -0.1) is 11.8 Å². The molecule has 1 aromatic carbocycles. The first-order valence-corrected chi connectivity index (χ1v) is 14.0. The number of imide groups is 1. The molecule has 2 aliphatic heterocycles. The predicted octanol–water partition coefficient (Wildman–Crippen LogP) is 3.42. The zero-order valence-corrected chi connectivity index (χ0v) is 21.8. The molecular formula is C26H28N2O6S2. The van der Waals surface area contributed by atoms with Crippen LogP contribution in [0, 0.1) is 35.5 Å². The fourth-order valence-electron chi connectivity index (χ4n) is 7.29. The van der Waals surface area contributed by atoms with Gasteiger partial charge in [0.1, 0.15) is 11.8 Å². The number of nitrogens with zero attached hydrogens (tertiary/aromatic N) is 1. The number of carboxylic acid groups (broad SMARTS) is 1. The molecule has 2 aliphatic carbocycles. The highest BCUT2D eigenvalue weighted by molar-refractivity contribution is 8.00. The van der Waals surface area contributed by atoms with Crippen molar-refractivity contribution in [3.05, 3.63) is 44.4 Å². The number of carbonyl (C=O) groups excluding carboxylic acids is 2. The Labute approximate surface area is 216 Å². The highest BCUT2D eigenvalue weighted by atomic mass is 32.2. The average Bonchev–Trinajstić information content (AvgIpc) is 3.56. The van der Waals surface area contributed by atoms with Gasteiger partial charge in [0, 0.05) is 16.0 Å². The van der Waals surface area contributed by atoms with Crippen LogP contribution in [0.3, 0.4) is 0 Å². The molecule has 36 heavy (non-hydrogen) atoms. The number of aromatic nitrogens is 1. The number of benzene rings is 1. The van der Waals surface area contributed by atoms with Crippen LogP contribution in [0.5, 0.6) is 5.75 Å². The Balaban J connectivity index is 1.41. The highest BCUT2D eigenvalue weighted by Gasteiger charge is 2.70. The molecule has 2 aromatic rings. The summed E-state index contributed by atoms with van der Waals surface area (Å²) in [5.74, 6) is -2.01. The first kappa shape index (κ1) is 23.8. The molecule has 0 spiro atoms. The fourth-order valence-corrected chi connectivity index (χ4v) is 10.2. The second kappa shape index (κ2) is 8.48. The summed E-state index contributed by atoms with van der Waals surface area (Å²) in [4.78, 5) is 56.8. The number of methoxy groups -OCH3 is 1. The molecule has 0 radical (unpaired) electrons. The van der Waals surface area contributed by atoms with Crippen LogP contribution in [0.15, 0.2) is 34.1 Å². The summed E-state index contributed by atoms with van der Waals surface area (Å²) < 4.78 is 5.34. The summed E-state index contributed by atoms with van der Waals surface area (Å²) in [7, 11) is 1.62. The van der Waals surface area contributed by atoms with Gasteiger partial charge in [-0.1, -0.05) is 37.3 Å². The van der Waals surface area contributed by atoms with Gasteiger partial charge in [0.05, 0.1) is 24.0 Å². The predicted molar refractivity (Wildman–Crippen MR) is 134 cm³/mol. The van der Waals surface area contributed by atoms with E-state index in [1.165, 1.54) is 11.3 Å². The van der Waals surface area contributed by atoms with Crippen LogP contribution < -0.4 is 9.61 Å². The number of ether oxygens (including phenoxy) is 1. The molecule has 2 bridgehead atoms. The van der Waals surface area contributed by atoms with E-state index in [9.17, 15) is 24.3 Å². The summed E-state index contributed by atoms with van der Waals surface area (Å²) in [5.41, 5.74) is 1.06. The molecule has 7 unspecified atom stereocenters. The maximum absolute atomic E-state index is 13.7. The minimum atomic E-state index is -1.12. The molecule has 3 heterocycles. The first-order valence-electron chi connectivity index (χ1n) is 12.3. The number of fused-ring (bicyclic) bond motifs is 9. The number of amides is 2. The van der Waals surface area contributed by atoms with E-state index in [0.29, 0.717) is 0 Å². The quantitative estimate of drug-likeness (QED) is 0.552. The number of aromatic amines is 1. The molecule has 2 saturated carbocycles. The molecule has 190 valence electrons. The van der Waals surface area contributed by atoms with Gasteiger partial charge >= 0.3 is 10.8 Å². The minimum absolute atomic E-state index is 0.0257. The standard InChI is InChI=1S/C26H28N2O6S2/c1-10(2)8-15(25(31)32)28-23(29)18-13-9-14(19(18)24(28)30)20-17(13)16(11-4-6-12(34-3)7-5-11)21-22(35-20)27-26(33)36-21/h4-7,10,13-20H,8-9H2,1-3H3,(H,27,33)(H,31,32)/t13?,14?,15?,16-,17?,18?,19?,20?/m1/s1. The lowest BCUT2D eigenvalue weighted by Crippen LogP contribution is -2.47. The Kier molecular flexibility index (Phi) is 5.60. The van der Waals surface area contributed by atoms with Gasteiger partial charge in [0.2, 0.25) is 11.8 Å². The van der Waals surface area contributed by atoms with E-state index in [4.69, 9.17) is 4.74 Å². The summed E-state index contributed by atoms with van der Waals surface area (Å²) in [6.45, 7) is 3.80. The van der Waals surface area contributed by atoms with Crippen molar-refractivity contribution in [1.29, 1.82) is 0 Å². The topological polar surface area (TPSA) is 117 Å². The SMILES string of the molecule is COc1ccc([C@H]2c3sc(=O)[nH]c3SC3C4CC(C5C(=O)N(C(CC(C)C)C(=O)O)C(=O)C45)C32)cc1. The lowest BCUT2D eigenvalue weighted by atomic mass is 9.68. The van der Waals surface area contributed by atoms with Crippen molar-refractivity contribution >= 4 is 40.9 Å². The summed E-state index contributed by atoms with van der Waals surface area (Å²) >= 11 is 2.85. The number of carboxylic acids is 1. The van der Waals surface area contributed by atoms with E-state index in [2.05, 4.69) is 4.98 Å². The molecule has 1 saturated heterocycles. The zero-order valence-electron chi connectivity index (χ0n) is 20.2. The number of hydrogen-bond acceptors (Lipinski definition) is 7. The molecule has 3 fully saturated rings. The van der Waals surface area contributed by atoms with Gasteiger partial charge in [-0.2, -0.15) is 0 Å². The lowest BCUT2D eigenvalue weighted by Gasteiger charge is -2.43. The normalized spacial score (nSPS) is 33.0. The van der Waals surface area contributed by atoms with Crippen molar-refractivity contribution in [1.82, 2.24) is 9.88 Å². The number of likely N-dealkylation sites (tertiary alicyclic amines) is 1. The smallest absolute Gasteiger partial charge is 0.326 e. The monoisotopic (exact) mass is 528 g/mol. The van der Waals surface area contributed by atoms with E-state index < -0.39 is 23.8 Å². The van der Waals surface area contributed by atoms with Crippen LogP contribution in [0.2, 0.25) is 0 Å². The molecule has 2 amide bonds. The van der Waals surface area contributed by atoms with Gasteiger partial charge in [0.25, 0.3) is 0 Å². The van der Waals surface area contributed by atoms with Gasteiger partial charge < -0.3 is 14.8 Å². The molecule has 8 nitrogen and oxygen atoms in total. The first-order chi connectivity index (χ1) is 17.2. The summed E-state index contributed by atoms with van der Waals surface area (Å²) in [5, 5.41) is 10.8. The van der Waals surface area contributed by atoms with E-state index in [1.807, 2.05) is 38.1 Å². The third-order valence-corrected chi connectivity index (χ3v) is 11.1. The Hall–Kier alpha value is -2.59. The second-order valence-corrected chi connectivity index (χ2v) is 13.0. The van der Waals surface area contributed by atoms with Crippen LogP contribution in [0.1, 0.15) is 43.0 Å². The molecule has 2 N–H and O–H groups in total. The molecule has 6 rings (SSSR count). The summed E-state index contributed by atoms with van der Waals surface area (Å²) in [6, 6.07) is 6.73. The largest absolute Gasteiger partial charge is 0.497 e. The van der Waals surface area contributed by atoms with Gasteiger partial charge in [-0.25, -0.2) is 4.79 Å². The number of thioether (sulfide) groups is 1. The lowest BCUT2D eigenvalue weighted by molar-refractivity contribution is -0.156. The average molecular weight is 529 g/mol. The van der Waals surface area contributed by atoms with E-state index in [0.717, 1.165) is 32.5 Å². The molecule has 10 heteroatoms. The van der Waals surface area contributed by atoms with Crippen molar-refractivity contribution < 1.29 is 24.2 Å². The van der Waals surface area contributed by atoms with Gasteiger partial charge in [0.15, 0.2) is 0 Å². The number of H-pyrrole nitrogens is 1. The third kappa shape index (κ3) is 3.33. The number of rotatable bonds is 6. The Morgan fingerprint density at radius 3 is 2.42 bits per heavy atom. The second-order valence-electron chi connectivity index (χ2n) is 10.8. The van der Waals surface area contributed by atoms with E-state index >= 15 is 0 Å². The van der Waals surface area contributed by atoms with Crippen LogP contribution in [0.4, 0.5) is 0 Å². The number of hydrogen-bond donors (Lipinski definition) is 2. The van der Waals surface area contributed by atoms with Gasteiger partial charge in [-0.05, 0) is 54.2 Å². The van der Waals surface area contributed by atoms with E-state index in [-0.39, 0.29) is 57.9 Å². The van der Waals surface area contributed by atoms with Crippen LogP contribution in [-0.4, -0.2) is 51.2 Å². The minimum Gasteiger partial charge on any atom is -0.497 e. The number of aliphatic carboxylic acids is 1. The third-order valence-electron chi connectivity index (χ3n) is 8.52. The molecule has 1 aromatic heterocycles. The van der Waals surface area contributed by atoms with Crippen molar-refractivity contribution in [2.75, 3.05) is 7.11 Å². The Morgan fingerprint density at radius 1 is 1.14 bits per heavy atom. The fraction of sp³-hybridized carbons (Fsp3) is 0.538. The Morgan fingerprint density at radius 2 is 1.81 bits per heavy atom. The molecule has 4 aliphatic rings. The van der Waals surface area contributed by atoms with Crippen LogP contribution in [-0.2, 0) is 14.4 Å². The van der Waals surface area contributed by atoms with Gasteiger partial charge in [-0.3, -0.25) is 19.3 Å². The van der Waals surface area contributed by atoms with E-state index in [1.54, 1.807) is 18.9 Å². The summed E-state index contributed by atoms with van der Waals surface area (Å²) in [6.07, 6.45) is 1.02. The van der Waals surface area contributed by atoms with Crippen LogP contribution >= 0.6 is 23.1 Å². The van der Waals surface area contributed by atoms with Crippen molar-refractivity contribution in [2.45, 2.75) is 48.9 Å². The maximum atomic E-state index is 13.7. The zero-order chi connectivity index (χ0) is 25.5. The molecule has 8 atom stereocenters. The van der Waals surface area contributed by atoms with Crippen molar-refractivity contribution in [3.8, 4) is 5.75 Å². The van der Waals surface area contributed by atoms with Crippen molar-refractivity contribution in [3.63, 3.8) is 0 Å². The molecular weight excluding hydrogens is 500 g/mol. The number of carbonyl (C=O) groups is 3.